The second-order valence-electron chi connectivity index (χ2n) is 7.44. The van der Waals surface area contributed by atoms with E-state index in [4.69, 9.17) is 31.2 Å². The highest BCUT2D eigenvalue weighted by atomic mass is 32.1. The molecule has 1 N–H and O–H groups in total. The Balaban J connectivity index is 1.77. The number of nitrogens with one attached hydrogen (secondary N) is 1. The van der Waals surface area contributed by atoms with Gasteiger partial charge < -0.3 is 24.2 Å². The molecule has 1 unspecified atom stereocenters. The lowest BCUT2D eigenvalue weighted by Crippen LogP contribution is -2.45. The van der Waals surface area contributed by atoms with E-state index >= 15 is 0 Å². The summed E-state index contributed by atoms with van der Waals surface area (Å²) in [6.45, 7) is 8.98. The highest BCUT2D eigenvalue weighted by molar-refractivity contribution is 7.80. The molecule has 4 rings (SSSR count). The van der Waals surface area contributed by atoms with Gasteiger partial charge in [0.25, 0.3) is 5.89 Å². The fourth-order valence-corrected chi connectivity index (χ4v) is 4.12. The third kappa shape index (κ3) is 4.61. The summed E-state index contributed by atoms with van der Waals surface area (Å²) in [5.74, 6) is 2.48. The van der Waals surface area contributed by atoms with Crippen LogP contribution in [-0.4, -0.2) is 40.4 Å². The van der Waals surface area contributed by atoms with Gasteiger partial charge in [-0.25, -0.2) is 0 Å². The van der Waals surface area contributed by atoms with E-state index in [9.17, 15) is 0 Å². The first kappa shape index (κ1) is 22.5. The van der Waals surface area contributed by atoms with E-state index in [0.717, 1.165) is 33.9 Å². The lowest BCUT2D eigenvalue weighted by atomic mass is 9.94. The third-order valence-corrected chi connectivity index (χ3v) is 5.75. The minimum absolute atomic E-state index is 0.276. The zero-order chi connectivity index (χ0) is 23.4. The molecule has 2 aromatic carbocycles. The van der Waals surface area contributed by atoms with E-state index in [2.05, 4.69) is 17.1 Å². The van der Waals surface area contributed by atoms with Crippen LogP contribution in [-0.2, 0) is 0 Å². The van der Waals surface area contributed by atoms with Gasteiger partial charge in [-0.05, 0) is 68.0 Å². The molecule has 0 bridgehead atoms. The van der Waals surface area contributed by atoms with Crippen LogP contribution in [0.4, 0.5) is 0 Å². The minimum atomic E-state index is -0.276. The Morgan fingerprint density at radius 3 is 2.70 bits per heavy atom. The largest absolute Gasteiger partial charge is 0.497 e. The summed E-state index contributed by atoms with van der Waals surface area (Å²) in [6, 6.07) is 15.2. The highest BCUT2D eigenvalue weighted by Crippen LogP contribution is 2.38. The molecule has 7 nitrogen and oxygen atoms in total. The van der Waals surface area contributed by atoms with Crippen LogP contribution in [0, 0.1) is 0 Å². The number of methoxy groups -OCH3 is 1. The number of nitrogens with zero attached hydrogens (tertiary/aromatic N) is 3. The molecule has 0 aliphatic carbocycles. The van der Waals surface area contributed by atoms with Crippen LogP contribution < -0.4 is 14.8 Å². The molecular weight excluding hydrogens is 436 g/mol. The van der Waals surface area contributed by atoms with Crippen molar-refractivity contribution in [1.82, 2.24) is 20.4 Å². The number of thiocarbonyl (C=S) groups is 1. The summed E-state index contributed by atoms with van der Waals surface area (Å²) < 4.78 is 16.7. The Morgan fingerprint density at radius 2 is 2.00 bits per heavy atom. The van der Waals surface area contributed by atoms with Crippen molar-refractivity contribution in [2.45, 2.75) is 19.9 Å². The van der Waals surface area contributed by atoms with Gasteiger partial charge in [-0.3, -0.25) is 0 Å². The number of aromatic nitrogens is 2. The normalized spacial score (nSPS) is 15.9. The van der Waals surface area contributed by atoms with Crippen molar-refractivity contribution in [3.05, 3.63) is 78.3 Å². The first-order valence-electron chi connectivity index (χ1n) is 10.7. The predicted molar refractivity (Wildman–Crippen MR) is 132 cm³/mol. The van der Waals surface area contributed by atoms with Gasteiger partial charge in [0.2, 0.25) is 5.82 Å². The van der Waals surface area contributed by atoms with Crippen molar-refractivity contribution in [3.8, 4) is 22.9 Å². The summed E-state index contributed by atoms with van der Waals surface area (Å²) >= 11 is 5.65. The number of ether oxygens (including phenoxy) is 2. The monoisotopic (exact) mass is 462 g/mol. The average Bonchev–Trinajstić information content (AvgIpc) is 3.32. The maximum atomic E-state index is 5.76. The van der Waals surface area contributed by atoms with Gasteiger partial charge in [0.05, 0.1) is 25.3 Å². The lowest BCUT2D eigenvalue weighted by molar-refractivity contribution is 0.340. The number of rotatable bonds is 8. The Bertz CT molecular complexity index is 1190. The predicted octanol–water partition coefficient (Wildman–Crippen LogP) is 4.99. The van der Waals surface area contributed by atoms with Crippen LogP contribution in [0.3, 0.4) is 0 Å². The first-order valence-corrected chi connectivity index (χ1v) is 11.1. The van der Waals surface area contributed by atoms with Crippen molar-refractivity contribution >= 4 is 22.9 Å². The van der Waals surface area contributed by atoms with Crippen molar-refractivity contribution in [2.75, 3.05) is 20.3 Å². The Kier molecular flexibility index (Phi) is 6.74. The standard InChI is InChI=1S/C25H26N4O3S/c1-5-14-29-16(3)21(22(26-25(29)33)18-8-7-9-20(15-18)30-4)24-27-23(28-32-24)17-10-12-19(13-11-17)31-6-2/h5,7-13,15,22H,1,6,14H2,2-4H3,(H,26,33). The van der Waals surface area contributed by atoms with Crippen LogP contribution in [0.5, 0.6) is 11.5 Å². The van der Waals surface area contributed by atoms with Crippen LogP contribution in [0.15, 0.2) is 71.4 Å². The number of allylic oxidation sites excluding steroid dienone is 1. The van der Waals surface area contributed by atoms with Gasteiger partial charge in [0.1, 0.15) is 11.5 Å². The molecule has 0 fully saturated rings. The topological polar surface area (TPSA) is 72.7 Å². The maximum Gasteiger partial charge on any atom is 0.258 e. The van der Waals surface area contributed by atoms with E-state index in [-0.39, 0.29) is 6.04 Å². The molecule has 0 saturated heterocycles. The molecular formula is C25H26N4O3S. The van der Waals surface area contributed by atoms with Crippen LogP contribution in [0.25, 0.3) is 17.0 Å². The quantitative estimate of drug-likeness (QED) is 0.371. The summed E-state index contributed by atoms with van der Waals surface area (Å²) in [5, 5.41) is 8.27. The number of benzene rings is 2. The first-order chi connectivity index (χ1) is 16.0. The zero-order valence-corrected chi connectivity index (χ0v) is 19.7. The van der Waals surface area contributed by atoms with Gasteiger partial charge in [-0.1, -0.05) is 23.4 Å². The van der Waals surface area contributed by atoms with Crippen molar-refractivity contribution < 1.29 is 14.0 Å². The minimum Gasteiger partial charge on any atom is -0.497 e. The maximum absolute atomic E-state index is 5.76. The molecule has 1 aliphatic heterocycles. The van der Waals surface area contributed by atoms with Crippen LogP contribution >= 0.6 is 12.2 Å². The molecule has 0 saturated carbocycles. The Hall–Kier alpha value is -3.65. The van der Waals surface area contributed by atoms with Gasteiger partial charge in [0, 0.05) is 17.8 Å². The van der Waals surface area contributed by atoms with Crippen molar-refractivity contribution in [2.24, 2.45) is 0 Å². The Morgan fingerprint density at radius 1 is 1.21 bits per heavy atom. The van der Waals surface area contributed by atoms with Gasteiger partial charge >= 0.3 is 0 Å². The smallest absolute Gasteiger partial charge is 0.258 e. The molecule has 0 spiro atoms. The molecule has 1 atom stereocenters. The van der Waals surface area contributed by atoms with Crippen molar-refractivity contribution in [1.29, 1.82) is 0 Å². The van der Waals surface area contributed by atoms with Gasteiger partial charge in [-0.2, -0.15) is 4.98 Å². The molecule has 33 heavy (non-hydrogen) atoms. The lowest BCUT2D eigenvalue weighted by Gasteiger charge is -2.36. The number of hydrogen-bond donors (Lipinski definition) is 1. The fraction of sp³-hybridized carbons (Fsp3) is 0.240. The molecule has 8 heteroatoms. The molecule has 1 aliphatic rings. The Labute approximate surface area is 198 Å². The number of hydrogen-bond acceptors (Lipinski definition) is 6. The van der Waals surface area contributed by atoms with E-state index in [1.54, 1.807) is 13.2 Å². The zero-order valence-electron chi connectivity index (χ0n) is 18.9. The molecule has 1 aromatic heterocycles. The van der Waals surface area contributed by atoms with E-state index < -0.39 is 0 Å². The summed E-state index contributed by atoms with van der Waals surface area (Å²) in [7, 11) is 1.65. The molecule has 2 heterocycles. The summed E-state index contributed by atoms with van der Waals surface area (Å²) in [5.41, 5.74) is 3.59. The SMILES string of the molecule is C=CCN1C(=S)NC(c2cccc(OC)c2)C(c2nc(-c3ccc(OCC)cc3)no2)=C1C. The van der Waals surface area contributed by atoms with Crippen molar-refractivity contribution in [3.63, 3.8) is 0 Å². The summed E-state index contributed by atoms with van der Waals surface area (Å²) in [6.07, 6.45) is 1.81. The van der Waals surface area contributed by atoms with Crippen LogP contribution in [0.1, 0.15) is 31.3 Å². The highest BCUT2D eigenvalue weighted by Gasteiger charge is 2.33. The average molecular weight is 463 g/mol. The van der Waals surface area contributed by atoms with E-state index in [0.29, 0.717) is 30.0 Å². The third-order valence-electron chi connectivity index (χ3n) is 5.42. The van der Waals surface area contributed by atoms with E-state index in [1.807, 2.05) is 67.3 Å². The molecule has 0 amide bonds. The molecule has 0 radical (unpaired) electrons. The second kappa shape index (κ2) is 9.87. The molecule has 3 aromatic rings. The van der Waals surface area contributed by atoms with E-state index in [1.165, 1.54) is 0 Å². The fourth-order valence-electron chi connectivity index (χ4n) is 3.80. The second-order valence-corrected chi connectivity index (χ2v) is 7.82. The van der Waals surface area contributed by atoms with Gasteiger partial charge in [-0.15, -0.1) is 6.58 Å². The van der Waals surface area contributed by atoms with Crippen LogP contribution in [0.2, 0.25) is 0 Å². The molecule has 170 valence electrons. The van der Waals surface area contributed by atoms with Gasteiger partial charge in [0.15, 0.2) is 5.11 Å². The summed E-state index contributed by atoms with van der Waals surface area (Å²) in [4.78, 5) is 6.69.